The summed E-state index contributed by atoms with van der Waals surface area (Å²) in [6.45, 7) is 4.09. The second kappa shape index (κ2) is 5.05. The van der Waals surface area contributed by atoms with Crippen molar-refractivity contribution in [1.82, 2.24) is 14.9 Å². The normalized spacial score (nSPS) is 19.5. The van der Waals surface area contributed by atoms with Gasteiger partial charge in [0.25, 0.3) is 0 Å². The van der Waals surface area contributed by atoms with Gasteiger partial charge in [-0.3, -0.25) is 4.57 Å². The highest BCUT2D eigenvalue weighted by Gasteiger charge is 2.16. The lowest BCUT2D eigenvalue weighted by molar-refractivity contribution is 0.461. The van der Waals surface area contributed by atoms with Crippen molar-refractivity contribution in [3.63, 3.8) is 0 Å². The van der Waals surface area contributed by atoms with Crippen LogP contribution in [0.15, 0.2) is 35.3 Å². The standard InChI is InChI=1S/C15H19N3O/c1-11-9-17-15(19)18(11)14-6-2-4-12(8-14)13-5-3-7-16-10-13/h2,4,6,8-9,13,16H,3,5,7,10H2,1H3,(H,17,19). The molecule has 1 aliphatic heterocycles. The maximum atomic E-state index is 11.8. The third-order valence-electron chi connectivity index (χ3n) is 3.86. The maximum Gasteiger partial charge on any atom is 0.330 e. The van der Waals surface area contributed by atoms with Crippen molar-refractivity contribution in [2.45, 2.75) is 25.7 Å². The van der Waals surface area contributed by atoms with Crippen LogP contribution in [0.2, 0.25) is 0 Å². The highest BCUT2D eigenvalue weighted by molar-refractivity contribution is 5.38. The zero-order chi connectivity index (χ0) is 13.2. The predicted octanol–water partition coefficient (Wildman–Crippen LogP) is 1.94. The number of aromatic amines is 1. The van der Waals surface area contributed by atoms with Gasteiger partial charge in [-0.15, -0.1) is 0 Å². The van der Waals surface area contributed by atoms with E-state index >= 15 is 0 Å². The van der Waals surface area contributed by atoms with Gasteiger partial charge in [0.2, 0.25) is 0 Å². The summed E-state index contributed by atoms with van der Waals surface area (Å²) in [5.41, 5.74) is 3.13. The van der Waals surface area contributed by atoms with E-state index in [9.17, 15) is 4.79 Å². The third-order valence-corrected chi connectivity index (χ3v) is 3.86. The largest absolute Gasteiger partial charge is 0.330 e. The Bertz CT molecular complexity index is 620. The van der Waals surface area contributed by atoms with E-state index in [0.717, 1.165) is 24.5 Å². The Hall–Kier alpha value is -1.81. The summed E-state index contributed by atoms with van der Waals surface area (Å²) >= 11 is 0. The lowest BCUT2D eigenvalue weighted by atomic mass is 9.91. The summed E-state index contributed by atoms with van der Waals surface area (Å²) in [4.78, 5) is 14.6. The van der Waals surface area contributed by atoms with E-state index in [0.29, 0.717) is 5.92 Å². The van der Waals surface area contributed by atoms with Crippen LogP contribution < -0.4 is 11.0 Å². The minimum absolute atomic E-state index is 0.0728. The minimum atomic E-state index is -0.0728. The number of nitrogens with one attached hydrogen (secondary N) is 2. The molecule has 0 amide bonds. The second-order valence-corrected chi connectivity index (χ2v) is 5.21. The molecule has 2 N–H and O–H groups in total. The molecule has 0 saturated carbocycles. The molecule has 4 nitrogen and oxygen atoms in total. The van der Waals surface area contributed by atoms with Crippen LogP contribution in [0.25, 0.3) is 5.69 Å². The van der Waals surface area contributed by atoms with Crippen LogP contribution in [0.1, 0.15) is 30.0 Å². The fraction of sp³-hybridized carbons (Fsp3) is 0.400. The first kappa shape index (κ1) is 12.2. The first-order valence-electron chi connectivity index (χ1n) is 6.84. The van der Waals surface area contributed by atoms with Crippen molar-refractivity contribution in [1.29, 1.82) is 0 Å². The Morgan fingerprint density at radius 3 is 2.95 bits per heavy atom. The zero-order valence-electron chi connectivity index (χ0n) is 11.1. The van der Waals surface area contributed by atoms with Gasteiger partial charge in [-0.1, -0.05) is 12.1 Å². The minimum Gasteiger partial charge on any atom is -0.316 e. The summed E-state index contributed by atoms with van der Waals surface area (Å²) in [6, 6.07) is 8.33. The van der Waals surface area contributed by atoms with Crippen LogP contribution in [-0.2, 0) is 0 Å². The van der Waals surface area contributed by atoms with Crippen LogP contribution in [-0.4, -0.2) is 22.6 Å². The van der Waals surface area contributed by atoms with Gasteiger partial charge in [-0.05, 0) is 49.9 Å². The van der Waals surface area contributed by atoms with Crippen molar-refractivity contribution in [2.75, 3.05) is 13.1 Å². The van der Waals surface area contributed by atoms with E-state index in [-0.39, 0.29) is 5.69 Å². The molecule has 0 spiro atoms. The van der Waals surface area contributed by atoms with E-state index in [4.69, 9.17) is 0 Å². The van der Waals surface area contributed by atoms with Crippen molar-refractivity contribution < 1.29 is 0 Å². The number of nitrogens with zero attached hydrogens (tertiary/aromatic N) is 1. The van der Waals surface area contributed by atoms with Crippen molar-refractivity contribution in [3.8, 4) is 5.69 Å². The van der Waals surface area contributed by atoms with E-state index in [1.54, 1.807) is 10.8 Å². The van der Waals surface area contributed by atoms with Crippen LogP contribution >= 0.6 is 0 Å². The molecule has 0 bridgehead atoms. The Kier molecular flexibility index (Phi) is 3.25. The highest BCUT2D eigenvalue weighted by Crippen LogP contribution is 2.24. The summed E-state index contributed by atoms with van der Waals surface area (Å²) < 4.78 is 1.72. The molecule has 1 aromatic carbocycles. The molecule has 1 aliphatic rings. The number of H-pyrrole nitrogens is 1. The van der Waals surface area contributed by atoms with Crippen LogP contribution in [0.4, 0.5) is 0 Å². The predicted molar refractivity (Wildman–Crippen MR) is 76.0 cm³/mol. The number of rotatable bonds is 2. The summed E-state index contributed by atoms with van der Waals surface area (Å²) in [5, 5.41) is 3.44. The lowest BCUT2D eigenvalue weighted by Crippen LogP contribution is -2.28. The molecule has 1 atom stereocenters. The number of imidazole rings is 1. The first-order valence-corrected chi connectivity index (χ1v) is 6.84. The molecule has 2 heterocycles. The van der Waals surface area contributed by atoms with Gasteiger partial charge in [0.1, 0.15) is 0 Å². The van der Waals surface area contributed by atoms with Gasteiger partial charge in [0, 0.05) is 18.4 Å². The number of piperidine rings is 1. The van der Waals surface area contributed by atoms with Crippen molar-refractivity contribution >= 4 is 0 Å². The van der Waals surface area contributed by atoms with Gasteiger partial charge in [-0.25, -0.2) is 4.79 Å². The molecule has 3 rings (SSSR count). The summed E-state index contributed by atoms with van der Waals surface area (Å²) in [5.74, 6) is 0.559. The SMILES string of the molecule is Cc1c[nH]c(=O)n1-c1cccc(C2CCCNC2)c1. The molecule has 1 unspecified atom stereocenters. The zero-order valence-corrected chi connectivity index (χ0v) is 11.1. The highest BCUT2D eigenvalue weighted by atomic mass is 16.1. The molecular weight excluding hydrogens is 238 g/mol. The Labute approximate surface area is 112 Å². The van der Waals surface area contributed by atoms with Gasteiger partial charge in [0.15, 0.2) is 0 Å². The van der Waals surface area contributed by atoms with E-state index < -0.39 is 0 Å². The molecule has 0 aliphatic carbocycles. The van der Waals surface area contributed by atoms with Crippen molar-refractivity contribution in [3.05, 3.63) is 52.2 Å². The van der Waals surface area contributed by atoms with Gasteiger partial charge in [-0.2, -0.15) is 0 Å². The van der Waals surface area contributed by atoms with E-state index in [1.165, 1.54) is 18.4 Å². The molecule has 100 valence electrons. The van der Waals surface area contributed by atoms with Crippen LogP contribution in [0.5, 0.6) is 0 Å². The second-order valence-electron chi connectivity index (χ2n) is 5.21. The van der Waals surface area contributed by atoms with Crippen LogP contribution in [0, 0.1) is 6.92 Å². The Morgan fingerprint density at radius 1 is 1.37 bits per heavy atom. The fourth-order valence-corrected chi connectivity index (χ4v) is 2.83. The monoisotopic (exact) mass is 257 g/mol. The molecule has 19 heavy (non-hydrogen) atoms. The molecular formula is C15H19N3O. The molecule has 1 saturated heterocycles. The average Bonchev–Trinajstić information content (AvgIpc) is 2.79. The molecule has 2 aromatic rings. The average molecular weight is 257 g/mol. The number of benzene rings is 1. The number of aryl methyl sites for hydroxylation is 1. The van der Waals surface area contributed by atoms with Crippen LogP contribution in [0.3, 0.4) is 0 Å². The Balaban J connectivity index is 1.98. The smallest absolute Gasteiger partial charge is 0.316 e. The Morgan fingerprint density at radius 2 is 2.26 bits per heavy atom. The quantitative estimate of drug-likeness (QED) is 0.864. The maximum absolute atomic E-state index is 11.8. The summed E-state index contributed by atoms with van der Waals surface area (Å²) in [6.07, 6.45) is 4.19. The molecule has 0 radical (unpaired) electrons. The van der Waals surface area contributed by atoms with Gasteiger partial charge in [0.05, 0.1) is 5.69 Å². The van der Waals surface area contributed by atoms with Gasteiger partial charge < -0.3 is 10.3 Å². The van der Waals surface area contributed by atoms with E-state index in [2.05, 4.69) is 22.4 Å². The third kappa shape index (κ3) is 2.36. The van der Waals surface area contributed by atoms with Crippen molar-refractivity contribution in [2.24, 2.45) is 0 Å². The number of aromatic nitrogens is 2. The number of hydrogen-bond acceptors (Lipinski definition) is 2. The first-order chi connectivity index (χ1) is 9.25. The lowest BCUT2D eigenvalue weighted by Gasteiger charge is -2.23. The van der Waals surface area contributed by atoms with E-state index in [1.807, 2.05) is 19.1 Å². The van der Waals surface area contributed by atoms with Gasteiger partial charge >= 0.3 is 5.69 Å². The molecule has 4 heteroatoms. The fourth-order valence-electron chi connectivity index (χ4n) is 2.83. The molecule has 1 aromatic heterocycles. The summed E-state index contributed by atoms with van der Waals surface area (Å²) in [7, 11) is 0. The number of hydrogen-bond donors (Lipinski definition) is 2. The molecule has 1 fully saturated rings. The topological polar surface area (TPSA) is 49.8 Å².